The van der Waals surface area contributed by atoms with Crippen LogP contribution in [0.1, 0.15) is 47.6 Å². The predicted octanol–water partition coefficient (Wildman–Crippen LogP) is 3.08. The number of piperidine rings is 1. The summed E-state index contributed by atoms with van der Waals surface area (Å²) in [6.07, 6.45) is 2.47. The van der Waals surface area contributed by atoms with E-state index in [2.05, 4.69) is 24.0 Å². The van der Waals surface area contributed by atoms with E-state index in [1.165, 1.54) is 18.4 Å². The van der Waals surface area contributed by atoms with Gasteiger partial charge in [0.05, 0.1) is 6.54 Å². The van der Waals surface area contributed by atoms with E-state index in [0.717, 1.165) is 31.3 Å². The van der Waals surface area contributed by atoms with Crippen molar-refractivity contribution in [3.05, 3.63) is 59.5 Å². The highest BCUT2D eigenvalue weighted by molar-refractivity contribution is 5.91. The number of hydrogen-bond acceptors (Lipinski definition) is 4. The van der Waals surface area contributed by atoms with Crippen LogP contribution in [-0.4, -0.2) is 47.9 Å². The highest BCUT2D eigenvalue weighted by atomic mass is 16.4. The fourth-order valence-electron chi connectivity index (χ4n) is 4.22. The Morgan fingerprint density at radius 3 is 2.59 bits per heavy atom. The van der Waals surface area contributed by atoms with Crippen molar-refractivity contribution in [1.82, 2.24) is 9.80 Å². The normalized spacial score (nSPS) is 24.4. The Kier molecular flexibility index (Phi) is 5.32. The molecule has 5 nitrogen and oxygen atoms in total. The van der Waals surface area contributed by atoms with Gasteiger partial charge in [0.2, 0.25) is 0 Å². The number of benzene rings is 1. The minimum atomic E-state index is -0.0533. The molecule has 2 fully saturated rings. The fraction of sp³-hybridized carbons (Fsp3) is 0.500. The number of likely N-dealkylation sites (tertiary alicyclic amines) is 2. The summed E-state index contributed by atoms with van der Waals surface area (Å²) in [7, 11) is 0. The third-order valence-corrected chi connectivity index (χ3v) is 6.01. The Morgan fingerprint density at radius 2 is 1.85 bits per heavy atom. The lowest BCUT2D eigenvalue weighted by Crippen LogP contribution is -2.32. The number of nitrogens with zero attached hydrogens (tertiary/aromatic N) is 2. The third kappa shape index (κ3) is 4.09. The van der Waals surface area contributed by atoms with Crippen LogP contribution in [0.15, 0.2) is 46.9 Å². The van der Waals surface area contributed by atoms with Gasteiger partial charge in [-0.05, 0) is 49.5 Å². The summed E-state index contributed by atoms with van der Waals surface area (Å²) < 4.78 is 5.89. The van der Waals surface area contributed by atoms with Gasteiger partial charge in [-0.1, -0.05) is 37.3 Å². The Balaban J connectivity index is 1.38. The van der Waals surface area contributed by atoms with Crippen LogP contribution in [0.25, 0.3) is 0 Å². The summed E-state index contributed by atoms with van der Waals surface area (Å²) >= 11 is 0. The molecule has 0 unspecified atom stereocenters. The van der Waals surface area contributed by atoms with Gasteiger partial charge in [0.25, 0.3) is 5.91 Å². The summed E-state index contributed by atoms with van der Waals surface area (Å²) in [5, 5.41) is 0. The van der Waals surface area contributed by atoms with Gasteiger partial charge in [0.1, 0.15) is 5.76 Å². The zero-order chi connectivity index (χ0) is 18.8. The molecule has 2 N–H and O–H groups in total. The molecule has 0 aliphatic carbocycles. The maximum atomic E-state index is 12.9. The van der Waals surface area contributed by atoms with Crippen molar-refractivity contribution in [3.63, 3.8) is 0 Å². The van der Waals surface area contributed by atoms with Crippen molar-refractivity contribution < 1.29 is 9.21 Å². The Morgan fingerprint density at radius 1 is 1.11 bits per heavy atom. The average Bonchev–Trinajstić information content (AvgIpc) is 3.30. The second-order valence-electron chi connectivity index (χ2n) is 8.12. The summed E-state index contributed by atoms with van der Waals surface area (Å²) in [5.41, 5.74) is 7.52. The largest absolute Gasteiger partial charge is 0.455 e. The molecule has 2 saturated heterocycles. The number of carbonyl (C=O) groups excluding carboxylic acids is 1. The molecule has 2 aromatic rings. The second-order valence-corrected chi connectivity index (χ2v) is 8.12. The lowest BCUT2D eigenvalue weighted by atomic mass is 9.95. The summed E-state index contributed by atoms with van der Waals surface area (Å²) in [6, 6.07) is 13.9. The van der Waals surface area contributed by atoms with E-state index in [1.807, 2.05) is 35.2 Å². The quantitative estimate of drug-likeness (QED) is 0.902. The van der Waals surface area contributed by atoms with Crippen LogP contribution in [0.4, 0.5) is 0 Å². The van der Waals surface area contributed by atoms with Crippen LogP contribution < -0.4 is 5.73 Å². The lowest BCUT2D eigenvalue weighted by Gasteiger charge is -2.29. The molecule has 1 aromatic carbocycles. The van der Waals surface area contributed by atoms with Gasteiger partial charge in [-0.2, -0.15) is 0 Å². The van der Waals surface area contributed by atoms with Gasteiger partial charge in [0, 0.05) is 25.0 Å². The Hall–Kier alpha value is -2.11. The predicted molar refractivity (Wildman–Crippen MR) is 105 cm³/mol. The molecule has 0 spiro atoms. The third-order valence-electron chi connectivity index (χ3n) is 6.01. The standard InChI is InChI=1S/C22H29N3O2/c1-16-9-11-24(12-10-16)13-18-7-8-21(27-18)22(26)25-14-19(20(23)15-25)17-5-3-2-4-6-17/h2-8,16,19-20H,9-15,23H2,1H3/t19-,20+/m1/s1. The molecule has 0 bridgehead atoms. The van der Waals surface area contributed by atoms with E-state index >= 15 is 0 Å². The molecular formula is C22H29N3O2. The van der Waals surface area contributed by atoms with Crippen molar-refractivity contribution in [2.24, 2.45) is 11.7 Å². The molecule has 27 heavy (non-hydrogen) atoms. The van der Waals surface area contributed by atoms with Gasteiger partial charge in [-0.25, -0.2) is 0 Å². The first kappa shape index (κ1) is 18.3. The average molecular weight is 367 g/mol. The molecule has 3 heterocycles. The number of nitrogens with two attached hydrogens (primary N) is 1. The molecule has 4 rings (SSSR count). The monoisotopic (exact) mass is 367 g/mol. The molecule has 1 amide bonds. The highest BCUT2D eigenvalue weighted by Crippen LogP contribution is 2.28. The number of rotatable bonds is 4. The van der Waals surface area contributed by atoms with Crippen molar-refractivity contribution in [2.45, 2.75) is 38.3 Å². The topological polar surface area (TPSA) is 62.7 Å². The van der Waals surface area contributed by atoms with Crippen LogP contribution in [-0.2, 0) is 6.54 Å². The number of carbonyl (C=O) groups is 1. The fourth-order valence-corrected chi connectivity index (χ4v) is 4.22. The van der Waals surface area contributed by atoms with E-state index in [9.17, 15) is 4.79 Å². The van der Waals surface area contributed by atoms with Crippen LogP contribution in [0.2, 0.25) is 0 Å². The van der Waals surface area contributed by atoms with Crippen molar-refractivity contribution in [1.29, 1.82) is 0 Å². The number of amides is 1. The summed E-state index contributed by atoms with van der Waals surface area (Å²) in [6.45, 7) is 6.51. The lowest BCUT2D eigenvalue weighted by molar-refractivity contribution is 0.0752. The zero-order valence-corrected chi connectivity index (χ0v) is 16.0. The summed E-state index contributed by atoms with van der Waals surface area (Å²) in [5.74, 6) is 2.24. The minimum Gasteiger partial charge on any atom is -0.455 e. The zero-order valence-electron chi connectivity index (χ0n) is 16.0. The van der Waals surface area contributed by atoms with Gasteiger partial charge in [0.15, 0.2) is 5.76 Å². The van der Waals surface area contributed by atoms with Crippen molar-refractivity contribution >= 4 is 5.91 Å². The van der Waals surface area contributed by atoms with E-state index in [4.69, 9.17) is 10.2 Å². The molecule has 144 valence electrons. The molecule has 5 heteroatoms. The van der Waals surface area contributed by atoms with Gasteiger partial charge < -0.3 is 15.1 Å². The molecule has 0 saturated carbocycles. The SMILES string of the molecule is CC1CCN(Cc2ccc(C(=O)N3C[C@H](c4ccccc4)[C@@H](N)C3)o2)CC1. The van der Waals surface area contributed by atoms with Gasteiger partial charge in [-0.15, -0.1) is 0 Å². The first-order valence-electron chi connectivity index (χ1n) is 10.0. The first-order chi connectivity index (χ1) is 13.1. The van der Waals surface area contributed by atoms with Gasteiger partial charge in [-0.3, -0.25) is 9.69 Å². The van der Waals surface area contributed by atoms with Crippen LogP contribution in [0.3, 0.4) is 0 Å². The van der Waals surface area contributed by atoms with Crippen LogP contribution in [0, 0.1) is 5.92 Å². The smallest absolute Gasteiger partial charge is 0.289 e. The molecular weight excluding hydrogens is 338 g/mol. The van der Waals surface area contributed by atoms with E-state index in [1.54, 1.807) is 0 Å². The molecule has 1 aromatic heterocycles. The highest BCUT2D eigenvalue weighted by Gasteiger charge is 2.35. The van der Waals surface area contributed by atoms with E-state index < -0.39 is 0 Å². The van der Waals surface area contributed by atoms with Crippen LogP contribution in [0.5, 0.6) is 0 Å². The molecule has 0 radical (unpaired) electrons. The van der Waals surface area contributed by atoms with Crippen LogP contribution >= 0.6 is 0 Å². The maximum absolute atomic E-state index is 12.9. The first-order valence-corrected chi connectivity index (χ1v) is 10.0. The molecule has 2 atom stereocenters. The Bertz CT molecular complexity index is 765. The molecule has 2 aliphatic heterocycles. The minimum absolute atomic E-state index is 0.0406. The Labute approximate surface area is 161 Å². The second kappa shape index (κ2) is 7.87. The number of furan rings is 1. The van der Waals surface area contributed by atoms with Gasteiger partial charge >= 0.3 is 0 Å². The summed E-state index contributed by atoms with van der Waals surface area (Å²) in [4.78, 5) is 17.1. The van der Waals surface area contributed by atoms with E-state index in [0.29, 0.717) is 18.8 Å². The number of hydrogen-bond donors (Lipinski definition) is 1. The van der Waals surface area contributed by atoms with E-state index in [-0.39, 0.29) is 17.9 Å². The molecule has 2 aliphatic rings. The maximum Gasteiger partial charge on any atom is 0.289 e. The van der Waals surface area contributed by atoms with Crippen molar-refractivity contribution in [2.75, 3.05) is 26.2 Å². The van der Waals surface area contributed by atoms with Crippen molar-refractivity contribution in [3.8, 4) is 0 Å².